The van der Waals surface area contributed by atoms with Crippen molar-refractivity contribution in [1.82, 2.24) is 0 Å². The van der Waals surface area contributed by atoms with Crippen LogP contribution in [0.3, 0.4) is 0 Å². The zero-order valence-electron chi connectivity index (χ0n) is 11.8. The number of esters is 1. The first-order valence-corrected chi connectivity index (χ1v) is 7.72. The molecule has 2 aromatic carbocycles. The van der Waals surface area contributed by atoms with Crippen molar-refractivity contribution < 1.29 is 14.3 Å². The number of hydrogen-bond acceptors (Lipinski definition) is 3. The Balaban J connectivity index is 1.81. The predicted molar refractivity (Wildman–Crippen MR) is 91.2 cm³/mol. The molecule has 0 heterocycles. The van der Waals surface area contributed by atoms with Gasteiger partial charge in [0.1, 0.15) is 0 Å². The topological polar surface area (TPSA) is 55.4 Å². The minimum absolute atomic E-state index is 0.0629. The highest BCUT2D eigenvalue weighted by atomic mass is 35.5. The molecule has 23 heavy (non-hydrogen) atoms. The van der Waals surface area contributed by atoms with Gasteiger partial charge in [0.25, 0.3) is 5.91 Å². The summed E-state index contributed by atoms with van der Waals surface area (Å²) in [6, 6.07) is 11.4. The van der Waals surface area contributed by atoms with Crippen molar-refractivity contribution >= 4 is 52.4 Å². The van der Waals surface area contributed by atoms with Crippen molar-refractivity contribution in [2.24, 2.45) is 0 Å². The fourth-order valence-corrected chi connectivity index (χ4v) is 2.44. The molecule has 120 valence electrons. The summed E-state index contributed by atoms with van der Waals surface area (Å²) in [6.07, 6.45) is 0.0629. The van der Waals surface area contributed by atoms with Gasteiger partial charge in [-0.25, -0.2) is 0 Å². The summed E-state index contributed by atoms with van der Waals surface area (Å²) in [5, 5.41) is 3.92. The summed E-state index contributed by atoms with van der Waals surface area (Å²) in [5.41, 5.74) is 1.18. The number of anilines is 1. The maximum Gasteiger partial charge on any atom is 0.310 e. The first-order valence-electron chi connectivity index (χ1n) is 6.58. The van der Waals surface area contributed by atoms with E-state index in [0.717, 1.165) is 5.56 Å². The number of halogens is 3. The highest BCUT2D eigenvalue weighted by Gasteiger charge is 2.09. The molecule has 0 aliphatic rings. The van der Waals surface area contributed by atoms with Gasteiger partial charge >= 0.3 is 5.97 Å². The molecule has 0 bridgehead atoms. The fourth-order valence-electron chi connectivity index (χ4n) is 1.79. The van der Waals surface area contributed by atoms with Crippen molar-refractivity contribution in [3.8, 4) is 0 Å². The van der Waals surface area contributed by atoms with Gasteiger partial charge in [-0.2, -0.15) is 0 Å². The molecule has 7 heteroatoms. The molecule has 2 aromatic rings. The molecule has 0 aliphatic carbocycles. The summed E-state index contributed by atoms with van der Waals surface area (Å²) in [7, 11) is 0. The maximum atomic E-state index is 11.7. The highest BCUT2D eigenvalue weighted by molar-refractivity contribution is 6.35. The third kappa shape index (κ3) is 6.10. The highest BCUT2D eigenvalue weighted by Crippen LogP contribution is 2.22. The zero-order valence-corrected chi connectivity index (χ0v) is 14.1. The second-order valence-electron chi connectivity index (χ2n) is 4.67. The molecule has 0 fully saturated rings. The summed E-state index contributed by atoms with van der Waals surface area (Å²) >= 11 is 17.4. The average Bonchev–Trinajstić information content (AvgIpc) is 2.46. The summed E-state index contributed by atoms with van der Waals surface area (Å²) in [6.45, 7) is -0.392. The van der Waals surface area contributed by atoms with Crippen molar-refractivity contribution in [1.29, 1.82) is 0 Å². The number of benzene rings is 2. The SMILES string of the molecule is O=C(COC(=O)Cc1ccc(Cl)cc1)Nc1cc(Cl)cc(Cl)c1. The molecule has 0 saturated heterocycles. The average molecular weight is 373 g/mol. The van der Waals surface area contributed by atoms with Crippen molar-refractivity contribution in [3.63, 3.8) is 0 Å². The first-order chi connectivity index (χ1) is 10.9. The van der Waals surface area contributed by atoms with E-state index >= 15 is 0 Å². The van der Waals surface area contributed by atoms with E-state index in [0.29, 0.717) is 20.8 Å². The molecule has 0 aliphatic heterocycles. The van der Waals surface area contributed by atoms with Crippen LogP contribution in [0.25, 0.3) is 0 Å². The lowest BCUT2D eigenvalue weighted by atomic mass is 10.1. The Kier molecular flexibility index (Phi) is 6.28. The molecule has 2 rings (SSSR count). The van der Waals surface area contributed by atoms with Gasteiger partial charge in [0.2, 0.25) is 0 Å². The minimum Gasteiger partial charge on any atom is -0.455 e. The maximum absolute atomic E-state index is 11.7. The van der Waals surface area contributed by atoms with Gasteiger partial charge in [-0.3, -0.25) is 9.59 Å². The van der Waals surface area contributed by atoms with Gasteiger partial charge in [0.15, 0.2) is 6.61 Å². The number of amides is 1. The zero-order chi connectivity index (χ0) is 16.8. The molecule has 0 aromatic heterocycles. The van der Waals surface area contributed by atoms with E-state index in [-0.39, 0.29) is 6.42 Å². The molecule has 1 N–H and O–H groups in total. The van der Waals surface area contributed by atoms with Gasteiger partial charge in [-0.15, -0.1) is 0 Å². The van der Waals surface area contributed by atoms with E-state index in [1.165, 1.54) is 0 Å². The van der Waals surface area contributed by atoms with Crippen molar-refractivity contribution in [3.05, 3.63) is 63.1 Å². The smallest absolute Gasteiger partial charge is 0.310 e. The Hall–Kier alpha value is -1.75. The van der Waals surface area contributed by atoms with Crippen LogP contribution >= 0.6 is 34.8 Å². The second-order valence-corrected chi connectivity index (χ2v) is 5.98. The number of hydrogen-bond donors (Lipinski definition) is 1. The Morgan fingerprint density at radius 2 is 1.52 bits per heavy atom. The number of ether oxygens (including phenoxy) is 1. The van der Waals surface area contributed by atoms with Gasteiger partial charge in [0, 0.05) is 20.8 Å². The van der Waals surface area contributed by atoms with Crippen LogP contribution in [-0.2, 0) is 20.7 Å². The Morgan fingerprint density at radius 1 is 0.913 bits per heavy atom. The van der Waals surface area contributed by atoms with E-state index in [2.05, 4.69) is 5.32 Å². The van der Waals surface area contributed by atoms with Crippen LogP contribution in [0, 0.1) is 0 Å². The molecule has 0 spiro atoms. The van der Waals surface area contributed by atoms with Crippen LogP contribution in [0.2, 0.25) is 15.1 Å². The van der Waals surface area contributed by atoms with Gasteiger partial charge in [-0.05, 0) is 35.9 Å². The third-order valence-corrected chi connectivity index (χ3v) is 3.46. The Morgan fingerprint density at radius 3 is 2.13 bits per heavy atom. The number of rotatable bonds is 5. The molecule has 4 nitrogen and oxygen atoms in total. The molecular formula is C16H12Cl3NO3. The molecule has 0 atom stereocenters. The van der Waals surface area contributed by atoms with Crippen LogP contribution in [0.4, 0.5) is 5.69 Å². The largest absolute Gasteiger partial charge is 0.455 e. The van der Waals surface area contributed by atoms with Crippen LogP contribution in [-0.4, -0.2) is 18.5 Å². The number of nitrogens with one attached hydrogen (secondary N) is 1. The minimum atomic E-state index is -0.508. The fraction of sp³-hybridized carbons (Fsp3) is 0.125. The summed E-state index contributed by atoms with van der Waals surface area (Å²) in [5.74, 6) is -0.987. The Labute approximate surface area is 148 Å². The van der Waals surface area contributed by atoms with Crippen molar-refractivity contribution in [2.45, 2.75) is 6.42 Å². The lowest BCUT2D eigenvalue weighted by molar-refractivity contribution is -0.146. The van der Waals surface area contributed by atoms with Crippen molar-refractivity contribution in [2.75, 3.05) is 11.9 Å². The van der Waals surface area contributed by atoms with E-state index in [9.17, 15) is 9.59 Å². The molecular weight excluding hydrogens is 361 g/mol. The lowest BCUT2D eigenvalue weighted by Crippen LogP contribution is -2.21. The normalized spacial score (nSPS) is 10.2. The Bertz CT molecular complexity index is 697. The van der Waals surface area contributed by atoms with E-state index in [1.807, 2.05) is 0 Å². The standard InChI is InChI=1S/C16H12Cl3NO3/c17-11-3-1-10(2-4-11)5-16(22)23-9-15(21)20-14-7-12(18)6-13(19)8-14/h1-4,6-8H,5,9H2,(H,20,21). The molecule has 0 saturated carbocycles. The summed E-state index contributed by atoms with van der Waals surface area (Å²) in [4.78, 5) is 23.4. The number of carbonyl (C=O) groups is 2. The lowest BCUT2D eigenvalue weighted by Gasteiger charge is -2.07. The van der Waals surface area contributed by atoms with Gasteiger partial charge in [-0.1, -0.05) is 46.9 Å². The van der Waals surface area contributed by atoms with Crippen LogP contribution in [0.5, 0.6) is 0 Å². The van der Waals surface area contributed by atoms with E-state index in [4.69, 9.17) is 39.5 Å². The van der Waals surface area contributed by atoms with Crippen LogP contribution in [0.1, 0.15) is 5.56 Å². The monoisotopic (exact) mass is 371 g/mol. The summed E-state index contributed by atoms with van der Waals surface area (Å²) < 4.78 is 4.92. The quantitative estimate of drug-likeness (QED) is 0.793. The van der Waals surface area contributed by atoms with Crippen LogP contribution in [0.15, 0.2) is 42.5 Å². The third-order valence-electron chi connectivity index (χ3n) is 2.77. The molecule has 0 radical (unpaired) electrons. The number of carbonyl (C=O) groups excluding carboxylic acids is 2. The van der Waals surface area contributed by atoms with E-state index in [1.54, 1.807) is 42.5 Å². The van der Waals surface area contributed by atoms with Gasteiger partial charge < -0.3 is 10.1 Å². The first kappa shape index (κ1) is 17.6. The predicted octanol–water partition coefficient (Wildman–Crippen LogP) is 4.37. The van der Waals surface area contributed by atoms with Gasteiger partial charge in [0.05, 0.1) is 6.42 Å². The second kappa shape index (κ2) is 8.20. The van der Waals surface area contributed by atoms with Crippen LogP contribution < -0.4 is 5.32 Å². The molecule has 0 unspecified atom stereocenters. The molecule has 1 amide bonds. The van der Waals surface area contributed by atoms with E-state index < -0.39 is 18.5 Å².